The molecule has 2 aliphatic heterocycles. The lowest BCUT2D eigenvalue weighted by Gasteiger charge is -2.34. The van der Waals surface area contributed by atoms with E-state index in [9.17, 15) is 0 Å². The van der Waals surface area contributed by atoms with Gasteiger partial charge in [0.15, 0.2) is 11.6 Å². The maximum Gasteiger partial charge on any atom is 0.193 e. The maximum atomic E-state index is 5.75. The Labute approximate surface area is 88.8 Å². The first-order chi connectivity index (χ1) is 7.36. The third-order valence-corrected chi connectivity index (χ3v) is 3.19. The van der Waals surface area contributed by atoms with Crippen LogP contribution in [0.5, 0.6) is 5.75 Å². The molecule has 0 saturated carbocycles. The first-order valence-electron chi connectivity index (χ1n) is 5.51. The summed E-state index contributed by atoms with van der Waals surface area (Å²) >= 11 is 0. The maximum absolute atomic E-state index is 5.75. The molecule has 0 amide bonds. The molecule has 2 aliphatic rings. The number of nitrogens with zero attached hydrogens (tertiary/aromatic N) is 2. The molecular formula is C10H16N4O. The highest BCUT2D eigenvalue weighted by Crippen LogP contribution is 2.33. The molecule has 0 bridgehead atoms. The zero-order valence-corrected chi connectivity index (χ0v) is 8.92. The predicted molar refractivity (Wildman–Crippen MR) is 57.4 cm³/mol. The number of ether oxygens (including phenoxy) is 1. The van der Waals surface area contributed by atoms with E-state index in [1.165, 1.54) is 0 Å². The van der Waals surface area contributed by atoms with E-state index in [2.05, 4.69) is 20.4 Å². The van der Waals surface area contributed by atoms with Crippen LogP contribution < -0.4 is 15.0 Å². The second-order valence-corrected chi connectivity index (χ2v) is 4.19. The summed E-state index contributed by atoms with van der Waals surface area (Å²) in [6, 6.07) is 0.530. The number of H-pyrrole nitrogens is 1. The summed E-state index contributed by atoms with van der Waals surface area (Å²) in [5.41, 5.74) is 1.03. The number of anilines is 1. The van der Waals surface area contributed by atoms with Crippen LogP contribution in [0.25, 0.3) is 0 Å². The van der Waals surface area contributed by atoms with E-state index in [0.29, 0.717) is 6.04 Å². The van der Waals surface area contributed by atoms with Crippen molar-refractivity contribution in [3.05, 3.63) is 5.69 Å². The summed E-state index contributed by atoms with van der Waals surface area (Å²) in [5, 5.41) is 10.8. The second-order valence-electron chi connectivity index (χ2n) is 4.19. The number of nitrogens with one attached hydrogen (secondary N) is 2. The lowest BCUT2D eigenvalue weighted by Crippen LogP contribution is -2.51. The minimum absolute atomic E-state index is 0.530. The average Bonchev–Trinajstić information content (AvgIpc) is 2.53. The van der Waals surface area contributed by atoms with Crippen LogP contribution in [0.15, 0.2) is 0 Å². The zero-order valence-electron chi connectivity index (χ0n) is 8.92. The molecule has 1 aromatic heterocycles. The molecule has 1 fully saturated rings. The Morgan fingerprint density at radius 2 is 2.47 bits per heavy atom. The molecule has 3 heterocycles. The van der Waals surface area contributed by atoms with Gasteiger partial charge >= 0.3 is 0 Å². The van der Waals surface area contributed by atoms with Crippen LogP contribution in [0, 0.1) is 6.92 Å². The summed E-state index contributed by atoms with van der Waals surface area (Å²) in [6.07, 6.45) is 1.07. The van der Waals surface area contributed by atoms with Crippen molar-refractivity contribution in [2.24, 2.45) is 0 Å². The predicted octanol–water partition coefficient (Wildman–Crippen LogP) is 0.279. The highest BCUT2D eigenvalue weighted by atomic mass is 16.5. The Bertz CT molecular complexity index is 362. The Balaban J connectivity index is 2.00. The van der Waals surface area contributed by atoms with E-state index in [-0.39, 0.29) is 0 Å². The van der Waals surface area contributed by atoms with Crippen LogP contribution in [0.1, 0.15) is 12.1 Å². The van der Waals surface area contributed by atoms with Crippen molar-refractivity contribution >= 4 is 5.82 Å². The number of aromatic nitrogens is 2. The molecule has 0 aromatic carbocycles. The highest BCUT2D eigenvalue weighted by Gasteiger charge is 2.30. The van der Waals surface area contributed by atoms with Crippen LogP contribution in [0.3, 0.4) is 0 Å². The van der Waals surface area contributed by atoms with Crippen LogP contribution in [0.2, 0.25) is 0 Å². The van der Waals surface area contributed by atoms with Gasteiger partial charge in [0, 0.05) is 32.1 Å². The molecule has 3 rings (SSSR count). The fraction of sp³-hybridized carbons (Fsp3) is 0.700. The third kappa shape index (κ3) is 1.38. The monoisotopic (exact) mass is 208 g/mol. The number of piperazine rings is 1. The summed E-state index contributed by atoms with van der Waals surface area (Å²) in [4.78, 5) is 2.36. The van der Waals surface area contributed by atoms with E-state index in [4.69, 9.17) is 4.74 Å². The van der Waals surface area contributed by atoms with Gasteiger partial charge in [-0.2, -0.15) is 5.10 Å². The van der Waals surface area contributed by atoms with E-state index in [1.54, 1.807) is 0 Å². The van der Waals surface area contributed by atoms with Crippen molar-refractivity contribution in [3.8, 4) is 5.75 Å². The second kappa shape index (κ2) is 3.41. The summed E-state index contributed by atoms with van der Waals surface area (Å²) in [7, 11) is 0. The fourth-order valence-corrected chi connectivity index (χ4v) is 2.37. The van der Waals surface area contributed by atoms with Gasteiger partial charge in [-0.05, 0) is 6.92 Å². The normalized spacial score (nSPS) is 25.1. The molecule has 1 saturated heterocycles. The van der Waals surface area contributed by atoms with Crippen LogP contribution in [-0.4, -0.2) is 42.5 Å². The average molecular weight is 208 g/mol. The van der Waals surface area contributed by atoms with Crippen molar-refractivity contribution in [3.63, 3.8) is 0 Å². The molecule has 1 atom stereocenters. The topological polar surface area (TPSA) is 53.2 Å². The molecule has 1 aromatic rings. The third-order valence-electron chi connectivity index (χ3n) is 3.19. The highest BCUT2D eigenvalue weighted by molar-refractivity contribution is 5.56. The number of aryl methyl sites for hydroxylation is 1. The van der Waals surface area contributed by atoms with E-state index >= 15 is 0 Å². The number of rotatable bonds is 0. The first-order valence-corrected chi connectivity index (χ1v) is 5.51. The SMILES string of the molecule is Cc1[nH]nc2c1OCCC1CNCCN21. The van der Waals surface area contributed by atoms with Crippen molar-refractivity contribution in [1.29, 1.82) is 0 Å². The van der Waals surface area contributed by atoms with Gasteiger partial charge in [0.2, 0.25) is 0 Å². The Hall–Kier alpha value is -1.23. The van der Waals surface area contributed by atoms with Crippen molar-refractivity contribution in [2.75, 3.05) is 31.1 Å². The van der Waals surface area contributed by atoms with Crippen LogP contribution in [-0.2, 0) is 0 Å². The molecule has 0 aliphatic carbocycles. The largest absolute Gasteiger partial charge is 0.488 e. The van der Waals surface area contributed by atoms with E-state index < -0.39 is 0 Å². The van der Waals surface area contributed by atoms with Gasteiger partial charge in [0.1, 0.15) is 0 Å². The van der Waals surface area contributed by atoms with Gasteiger partial charge in [0.05, 0.1) is 12.3 Å². The van der Waals surface area contributed by atoms with Crippen LogP contribution >= 0.6 is 0 Å². The number of hydrogen-bond acceptors (Lipinski definition) is 4. The molecule has 5 nitrogen and oxygen atoms in total. The molecular weight excluding hydrogens is 192 g/mol. The minimum atomic E-state index is 0.530. The van der Waals surface area contributed by atoms with E-state index in [0.717, 1.165) is 49.9 Å². The van der Waals surface area contributed by atoms with Crippen molar-refractivity contribution < 1.29 is 4.74 Å². The van der Waals surface area contributed by atoms with Gasteiger partial charge < -0.3 is 15.0 Å². The molecule has 0 spiro atoms. The lowest BCUT2D eigenvalue weighted by atomic mass is 10.1. The molecule has 0 radical (unpaired) electrons. The lowest BCUT2D eigenvalue weighted by molar-refractivity contribution is 0.301. The Kier molecular flexibility index (Phi) is 2.05. The smallest absolute Gasteiger partial charge is 0.193 e. The molecule has 1 unspecified atom stereocenters. The van der Waals surface area contributed by atoms with Crippen LogP contribution in [0.4, 0.5) is 5.82 Å². The summed E-state index contributed by atoms with van der Waals surface area (Å²) in [5.74, 6) is 1.94. The minimum Gasteiger partial charge on any atom is -0.488 e. The molecule has 2 N–H and O–H groups in total. The number of hydrogen-bond donors (Lipinski definition) is 2. The first kappa shape index (κ1) is 9.03. The fourth-order valence-electron chi connectivity index (χ4n) is 2.37. The summed E-state index contributed by atoms with van der Waals surface area (Å²) < 4.78 is 5.75. The molecule has 5 heteroatoms. The van der Waals surface area contributed by atoms with Gasteiger partial charge in [0.25, 0.3) is 0 Å². The standard InChI is InChI=1S/C10H16N4O/c1-7-9-10(13-12-7)14-4-3-11-6-8(14)2-5-15-9/h8,11H,2-6H2,1H3,(H,12,13). The zero-order chi connectivity index (χ0) is 10.3. The Morgan fingerprint density at radius 3 is 3.40 bits per heavy atom. The van der Waals surface area contributed by atoms with Crippen molar-refractivity contribution in [1.82, 2.24) is 15.5 Å². The molecule has 15 heavy (non-hydrogen) atoms. The number of aromatic amines is 1. The van der Waals surface area contributed by atoms with E-state index in [1.807, 2.05) is 6.92 Å². The van der Waals surface area contributed by atoms with Gasteiger partial charge in [-0.25, -0.2) is 0 Å². The Morgan fingerprint density at radius 1 is 1.53 bits per heavy atom. The van der Waals surface area contributed by atoms with Crippen molar-refractivity contribution in [2.45, 2.75) is 19.4 Å². The van der Waals surface area contributed by atoms with Gasteiger partial charge in [-0.15, -0.1) is 0 Å². The summed E-state index contributed by atoms with van der Waals surface area (Å²) in [6.45, 7) is 5.88. The van der Waals surface area contributed by atoms with Gasteiger partial charge in [-0.3, -0.25) is 5.10 Å². The number of fused-ring (bicyclic) bond motifs is 3. The quantitative estimate of drug-likeness (QED) is 0.643. The molecule has 82 valence electrons. The van der Waals surface area contributed by atoms with Gasteiger partial charge in [-0.1, -0.05) is 0 Å².